The fourth-order valence-corrected chi connectivity index (χ4v) is 4.07. The number of carboxylic acid groups (broad SMARTS) is 1. The van der Waals surface area contributed by atoms with Crippen LogP contribution >= 0.6 is 0 Å². The zero-order valence-electron chi connectivity index (χ0n) is 12.4. The highest BCUT2D eigenvalue weighted by Crippen LogP contribution is 2.26. The zero-order chi connectivity index (χ0) is 15.7. The van der Waals surface area contributed by atoms with Crippen LogP contribution in [0.3, 0.4) is 0 Å². The van der Waals surface area contributed by atoms with Crippen molar-refractivity contribution < 1.29 is 18.3 Å². The molecule has 0 aliphatic carbocycles. The Kier molecular flexibility index (Phi) is 4.94. The Hall–Kier alpha value is -1.40. The Morgan fingerprint density at radius 1 is 1.20 bits per heavy atom. The summed E-state index contributed by atoms with van der Waals surface area (Å²) in [6.07, 6.45) is -0.248. The Morgan fingerprint density at radius 2 is 1.65 bits per heavy atom. The maximum Gasteiger partial charge on any atom is 0.304 e. The number of sulfonamides is 1. The standard InChI is InChI=1S/C14H21NO4S/c1-8-6-9(2)12(5)14(11(8)4)20(18,19)15-10(3)7-13(16)17/h6,10,15H,7H2,1-5H3,(H,16,17). The molecule has 1 unspecified atom stereocenters. The van der Waals surface area contributed by atoms with Gasteiger partial charge in [0.05, 0.1) is 11.3 Å². The molecular weight excluding hydrogens is 278 g/mol. The Morgan fingerprint density at radius 3 is 2.05 bits per heavy atom. The Bertz CT molecular complexity index is 609. The van der Waals surface area contributed by atoms with Gasteiger partial charge in [-0.05, 0) is 56.9 Å². The lowest BCUT2D eigenvalue weighted by Gasteiger charge is -2.18. The molecule has 1 aromatic carbocycles. The van der Waals surface area contributed by atoms with Crippen molar-refractivity contribution in [2.75, 3.05) is 0 Å². The fourth-order valence-electron chi connectivity index (χ4n) is 2.21. The predicted octanol–water partition coefficient (Wildman–Crippen LogP) is 2.06. The molecule has 0 spiro atoms. The number of aliphatic carboxylic acids is 1. The van der Waals surface area contributed by atoms with Crippen LogP contribution in [0.15, 0.2) is 11.0 Å². The molecule has 0 saturated carbocycles. The van der Waals surface area contributed by atoms with Crippen LogP contribution in [-0.2, 0) is 14.8 Å². The maximum atomic E-state index is 12.5. The first-order chi connectivity index (χ1) is 9.06. The van der Waals surface area contributed by atoms with Gasteiger partial charge < -0.3 is 5.11 Å². The first-order valence-corrected chi connectivity index (χ1v) is 7.86. The van der Waals surface area contributed by atoms with E-state index in [-0.39, 0.29) is 11.3 Å². The molecule has 0 bridgehead atoms. The minimum atomic E-state index is -3.72. The van der Waals surface area contributed by atoms with E-state index in [4.69, 9.17) is 5.11 Å². The topological polar surface area (TPSA) is 83.5 Å². The van der Waals surface area contributed by atoms with Crippen LogP contribution in [0.25, 0.3) is 0 Å². The first kappa shape index (κ1) is 16.7. The number of rotatable bonds is 5. The second-order valence-corrected chi connectivity index (χ2v) is 6.86. The predicted molar refractivity (Wildman–Crippen MR) is 77.4 cm³/mol. The lowest BCUT2D eigenvalue weighted by Crippen LogP contribution is -2.35. The number of hydrogen-bond donors (Lipinski definition) is 2. The molecule has 0 aliphatic rings. The van der Waals surface area contributed by atoms with E-state index >= 15 is 0 Å². The van der Waals surface area contributed by atoms with Crippen molar-refractivity contribution in [3.05, 3.63) is 28.3 Å². The summed E-state index contributed by atoms with van der Waals surface area (Å²) >= 11 is 0. The minimum Gasteiger partial charge on any atom is -0.481 e. The third kappa shape index (κ3) is 3.58. The largest absolute Gasteiger partial charge is 0.481 e. The zero-order valence-corrected chi connectivity index (χ0v) is 13.3. The lowest BCUT2D eigenvalue weighted by atomic mass is 10.0. The molecule has 2 N–H and O–H groups in total. The molecule has 0 aromatic heterocycles. The molecule has 6 heteroatoms. The van der Waals surface area contributed by atoms with E-state index in [0.29, 0.717) is 11.1 Å². The fraction of sp³-hybridized carbons (Fsp3) is 0.500. The third-order valence-corrected chi connectivity index (χ3v) is 5.27. The first-order valence-electron chi connectivity index (χ1n) is 6.37. The summed E-state index contributed by atoms with van der Waals surface area (Å²) in [6.45, 7) is 8.79. The normalized spacial score (nSPS) is 13.2. The van der Waals surface area contributed by atoms with Gasteiger partial charge in [0.15, 0.2) is 0 Å². The summed E-state index contributed by atoms with van der Waals surface area (Å²) in [6, 6.07) is 1.29. The molecule has 0 heterocycles. The van der Waals surface area contributed by atoms with Crippen LogP contribution in [0.1, 0.15) is 35.6 Å². The van der Waals surface area contributed by atoms with Crippen LogP contribution in [0, 0.1) is 27.7 Å². The average molecular weight is 299 g/mol. The highest BCUT2D eigenvalue weighted by Gasteiger charge is 2.24. The van der Waals surface area contributed by atoms with Crippen molar-refractivity contribution in [2.45, 2.75) is 52.0 Å². The third-order valence-electron chi connectivity index (χ3n) is 3.40. The SMILES string of the molecule is Cc1cc(C)c(C)c(S(=O)(=O)NC(C)CC(=O)O)c1C. The molecule has 0 radical (unpaired) electrons. The smallest absolute Gasteiger partial charge is 0.304 e. The number of carboxylic acids is 1. The van der Waals surface area contributed by atoms with Gasteiger partial charge in [-0.15, -0.1) is 0 Å². The summed E-state index contributed by atoms with van der Waals surface area (Å²) in [4.78, 5) is 10.9. The molecule has 5 nitrogen and oxygen atoms in total. The second-order valence-electron chi connectivity index (χ2n) is 5.21. The molecule has 0 amide bonds. The number of nitrogens with one attached hydrogen (secondary N) is 1. The lowest BCUT2D eigenvalue weighted by molar-refractivity contribution is -0.137. The van der Waals surface area contributed by atoms with Crippen molar-refractivity contribution in [2.24, 2.45) is 0 Å². The summed E-state index contributed by atoms with van der Waals surface area (Å²) in [5.74, 6) is -1.03. The van der Waals surface area contributed by atoms with Crippen molar-refractivity contribution in [3.8, 4) is 0 Å². The van der Waals surface area contributed by atoms with Crippen LogP contribution < -0.4 is 4.72 Å². The van der Waals surface area contributed by atoms with Gasteiger partial charge in [0, 0.05) is 6.04 Å². The molecule has 1 atom stereocenters. The highest BCUT2D eigenvalue weighted by molar-refractivity contribution is 7.89. The van der Waals surface area contributed by atoms with Crippen molar-refractivity contribution in [1.29, 1.82) is 0 Å². The molecular formula is C14H21NO4S. The summed E-state index contributed by atoms with van der Waals surface area (Å²) in [5, 5.41) is 8.71. The Balaban J connectivity index is 3.26. The van der Waals surface area contributed by atoms with Crippen LogP contribution in [-0.4, -0.2) is 25.5 Å². The molecule has 20 heavy (non-hydrogen) atoms. The van der Waals surface area contributed by atoms with E-state index in [2.05, 4.69) is 4.72 Å². The Labute approximate surface area is 120 Å². The summed E-state index contributed by atoms with van der Waals surface area (Å²) < 4.78 is 27.4. The van der Waals surface area contributed by atoms with Crippen molar-refractivity contribution >= 4 is 16.0 Å². The summed E-state index contributed by atoms with van der Waals surface area (Å²) in [7, 11) is -3.72. The minimum absolute atomic E-state index is 0.248. The van der Waals surface area contributed by atoms with E-state index in [1.54, 1.807) is 20.8 Å². The highest BCUT2D eigenvalue weighted by atomic mass is 32.2. The van der Waals surface area contributed by atoms with E-state index in [0.717, 1.165) is 11.1 Å². The van der Waals surface area contributed by atoms with Gasteiger partial charge in [0.2, 0.25) is 10.0 Å². The van der Waals surface area contributed by atoms with Gasteiger partial charge in [-0.2, -0.15) is 0 Å². The molecule has 0 fully saturated rings. The van der Waals surface area contributed by atoms with Crippen molar-refractivity contribution in [1.82, 2.24) is 4.72 Å². The summed E-state index contributed by atoms with van der Waals surface area (Å²) in [5.41, 5.74) is 3.20. The van der Waals surface area contributed by atoms with Gasteiger partial charge in [-0.1, -0.05) is 6.07 Å². The molecule has 1 rings (SSSR count). The van der Waals surface area contributed by atoms with E-state index in [1.807, 2.05) is 19.9 Å². The van der Waals surface area contributed by atoms with E-state index < -0.39 is 22.0 Å². The van der Waals surface area contributed by atoms with Gasteiger partial charge in [0.1, 0.15) is 0 Å². The number of aryl methyl sites for hydroxylation is 2. The average Bonchev–Trinajstić information content (AvgIpc) is 2.24. The van der Waals surface area contributed by atoms with Crippen LogP contribution in [0.5, 0.6) is 0 Å². The van der Waals surface area contributed by atoms with Crippen molar-refractivity contribution in [3.63, 3.8) is 0 Å². The molecule has 1 aromatic rings. The van der Waals surface area contributed by atoms with E-state index in [9.17, 15) is 13.2 Å². The van der Waals surface area contributed by atoms with Gasteiger partial charge >= 0.3 is 5.97 Å². The maximum absolute atomic E-state index is 12.5. The molecule has 0 saturated heterocycles. The van der Waals surface area contributed by atoms with Crippen LogP contribution in [0.2, 0.25) is 0 Å². The number of hydrogen-bond acceptors (Lipinski definition) is 3. The van der Waals surface area contributed by atoms with Crippen LogP contribution in [0.4, 0.5) is 0 Å². The number of benzene rings is 1. The molecule has 0 aliphatic heterocycles. The molecule has 112 valence electrons. The number of carbonyl (C=O) groups is 1. The van der Waals surface area contributed by atoms with E-state index in [1.165, 1.54) is 0 Å². The second kappa shape index (κ2) is 5.93. The monoisotopic (exact) mass is 299 g/mol. The quantitative estimate of drug-likeness (QED) is 0.871. The van der Waals surface area contributed by atoms with Gasteiger partial charge in [0.25, 0.3) is 0 Å². The van der Waals surface area contributed by atoms with Gasteiger partial charge in [-0.3, -0.25) is 4.79 Å². The van der Waals surface area contributed by atoms with Gasteiger partial charge in [-0.25, -0.2) is 13.1 Å².